The summed E-state index contributed by atoms with van der Waals surface area (Å²) in [4.78, 5) is 3.41. The molecule has 0 aliphatic rings. The molecule has 0 spiro atoms. The van der Waals surface area contributed by atoms with E-state index in [1.807, 2.05) is 72.8 Å². The van der Waals surface area contributed by atoms with E-state index in [0.29, 0.717) is 0 Å². The van der Waals surface area contributed by atoms with Crippen LogP contribution in [0.1, 0.15) is 0 Å². The molecule has 0 nitrogen and oxygen atoms in total. The first-order chi connectivity index (χ1) is 12.6. The molecule has 0 saturated heterocycles. The molecule has 0 radical (unpaired) electrons. The highest BCUT2D eigenvalue weighted by Crippen LogP contribution is 2.42. The third-order valence-corrected chi connectivity index (χ3v) is 7.28. The predicted molar refractivity (Wildman–Crippen MR) is 120 cm³/mol. The van der Waals surface area contributed by atoms with Crippen LogP contribution in [0.25, 0.3) is 0 Å². The van der Waals surface area contributed by atoms with Crippen molar-refractivity contribution >= 4 is 70.1 Å². The maximum atomic E-state index is 5.99. The summed E-state index contributed by atoms with van der Waals surface area (Å²) in [6.45, 7) is 0. The van der Waals surface area contributed by atoms with E-state index < -0.39 is 0 Å². The second kappa shape index (κ2) is 10.0. The van der Waals surface area contributed by atoms with Gasteiger partial charge in [-0.2, -0.15) is 0 Å². The zero-order valence-corrected chi connectivity index (χ0v) is 18.1. The second-order valence-corrected chi connectivity index (χ2v) is 9.86. The van der Waals surface area contributed by atoms with E-state index in [2.05, 4.69) is 5.41 Å². The Balaban J connectivity index is 1.79. The fourth-order valence-corrected chi connectivity index (χ4v) is 5.27. The molecule has 3 aromatic rings. The molecule has 0 aliphatic carbocycles. The molecule has 0 aliphatic heterocycles. The topological polar surface area (TPSA) is 0 Å². The van der Waals surface area contributed by atoms with Crippen molar-refractivity contribution in [2.45, 2.75) is 14.7 Å². The summed E-state index contributed by atoms with van der Waals surface area (Å²) in [6, 6.07) is 23.5. The Morgan fingerprint density at radius 2 is 0.885 bits per heavy atom. The van der Waals surface area contributed by atoms with Crippen molar-refractivity contribution in [3.63, 3.8) is 0 Å². The van der Waals surface area contributed by atoms with Gasteiger partial charge < -0.3 is 0 Å². The molecule has 0 atom stereocenters. The third-order valence-electron chi connectivity index (χ3n) is 3.17. The summed E-state index contributed by atoms with van der Waals surface area (Å²) >= 11 is 23.0. The molecule has 0 amide bonds. The first kappa shape index (κ1) is 20.1. The van der Waals surface area contributed by atoms with Crippen LogP contribution >= 0.6 is 70.1 Å². The summed E-state index contributed by atoms with van der Waals surface area (Å²) in [6.07, 6.45) is 0. The lowest BCUT2D eigenvalue weighted by Crippen LogP contribution is -1.76. The fraction of sp³-hybridized carbons (Fsp3) is 0. The number of benzene rings is 3. The van der Waals surface area contributed by atoms with Gasteiger partial charge in [0.25, 0.3) is 0 Å². The molecule has 3 aromatic carbocycles. The van der Waals surface area contributed by atoms with Crippen LogP contribution in [0.15, 0.2) is 97.1 Å². The van der Waals surface area contributed by atoms with Gasteiger partial charge >= 0.3 is 0 Å². The van der Waals surface area contributed by atoms with Gasteiger partial charge in [-0.1, -0.05) is 70.1 Å². The second-order valence-electron chi connectivity index (χ2n) is 5.12. The molecule has 6 heteroatoms. The van der Waals surface area contributed by atoms with Crippen LogP contribution < -0.4 is 0 Å². The number of hydrogen-bond acceptors (Lipinski definition) is 3. The molecule has 0 aromatic heterocycles. The van der Waals surface area contributed by atoms with Crippen molar-refractivity contribution < 1.29 is 0 Å². The minimum Gasteiger partial charge on any atom is -0.0963 e. The Hall–Kier alpha value is -0.680. The van der Waals surface area contributed by atoms with Crippen LogP contribution in [-0.2, 0) is 0 Å². The number of rotatable bonds is 6. The largest absolute Gasteiger partial charge is 0.0963 e. The van der Waals surface area contributed by atoms with Gasteiger partial charge in [0, 0.05) is 29.8 Å². The average molecular weight is 456 g/mol. The van der Waals surface area contributed by atoms with Gasteiger partial charge in [-0.3, -0.25) is 0 Å². The van der Waals surface area contributed by atoms with Gasteiger partial charge in [0.05, 0.1) is 4.24 Å². The van der Waals surface area contributed by atoms with E-state index >= 15 is 0 Å². The summed E-state index contributed by atoms with van der Waals surface area (Å²) in [7, 11) is 0. The highest BCUT2D eigenvalue weighted by molar-refractivity contribution is 8.23. The molecule has 0 fully saturated rings. The van der Waals surface area contributed by atoms with E-state index in [1.165, 1.54) is 0 Å². The molecule has 26 heavy (non-hydrogen) atoms. The van der Waals surface area contributed by atoms with Crippen LogP contribution in [0.3, 0.4) is 0 Å². The lowest BCUT2D eigenvalue weighted by atomic mass is 10.4. The minimum atomic E-state index is 0.737. The third kappa shape index (κ3) is 6.49. The molecule has 132 valence electrons. The van der Waals surface area contributed by atoms with E-state index in [0.717, 1.165) is 34.0 Å². The van der Waals surface area contributed by atoms with Gasteiger partial charge in [-0.05, 0) is 78.2 Å². The Kier molecular flexibility index (Phi) is 7.74. The maximum Gasteiger partial charge on any atom is 0.0565 e. The quantitative estimate of drug-likeness (QED) is 0.340. The highest BCUT2D eigenvalue weighted by atomic mass is 35.5. The lowest BCUT2D eigenvalue weighted by molar-refractivity contribution is 1.46. The zero-order valence-electron chi connectivity index (χ0n) is 13.4. The Labute approximate surface area is 181 Å². The molecule has 0 heterocycles. The van der Waals surface area contributed by atoms with E-state index in [4.69, 9.17) is 34.8 Å². The number of halogens is 3. The van der Waals surface area contributed by atoms with Crippen molar-refractivity contribution in [2.75, 3.05) is 0 Å². The smallest absolute Gasteiger partial charge is 0.0565 e. The van der Waals surface area contributed by atoms with Crippen molar-refractivity contribution in [2.24, 2.45) is 0 Å². The maximum absolute atomic E-state index is 5.99. The summed E-state index contributed by atoms with van der Waals surface area (Å²) in [5.41, 5.74) is 0. The van der Waals surface area contributed by atoms with Crippen LogP contribution in [-0.4, -0.2) is 0 Å². The van der Waals surface area contributed by atoms with Crippen LogP contribution in [0, 0.1) is 0 Å². The standard InChI is InChI=1S/C20H13Cl3S3/c21-14-1-7-17(8-2-14)24-13-20(25-18-9-3-15(22)4-10-18)26-19-11-5-16(23)6-12-19/h1-13H. The average Bonchev–Trinajstić information content (AvgIpc) is 2.65. The molecule has 0 bridgehead atoms. The van der Waals surface area contributed by atoms with E-state index in [-0.39, 0.29) is 0 Å². The molecule has 3 rings (SSSR count). The fourth-order valence-electron chi connectivity index (χ4n) is 1.94. The summed E-state index contributed by atoms with van der Waals surface area (Å²) in [5.74, 6) is 0. The van der Waals surface area contributed by atoms with Gasteiger partial charge in [0.15, 0.2) is 0 Å². The first-order valence-corrected chi connectivity index (χ1v) is 11.2. The van der Waals surface area contributed by atoms with E-state index in [9.17, 15) is 0 Å². The van der Waals surface area contributed by atoms with Gasteiger partial charge in [0.2, 0.25) is 0 Å². The van der Waals surface area contributed by atoms with Crippen molar-refractivity contribution in [1.82, 2.24) is 0 Å². The Bertz CT molecular complexity index is 824. The summed E-state index contributed by atoms with van der Waals surface area (Å²) in [5, 5.41) is 4.37. The van der Waals surface area contributed by atoms with Gasteiger partial charge in [-0.15, -0.1) is 0 Å². The van der Waals surface area contributed by atoms with Crippen molar-refractivity contribution in [3.8, 4) is 0 Å². The Morgan fingerprint density at radius 1 is 0.538 bits per heavy atom. The normalized spacial score (nSPS) is 10.6. The zero-order chi connectivity index (χ0) is 18.4. The SMILES string of the molecule is Clc1ccc(SC=C(Sc2ccc(Cl)cc2)Sc2ccc(Cl)cc2)cc1. The Morgan fingerprint density at radius 3 is 1.27 bits per heavy atom. The monoisotopic (exact) mass is 454 g/mol. The first-order valence-electron chi connectivity index (χ1n) is 7.58. The molecule has 0 N–H and O–H groups in total. The van der Waals surface area contributed by atoms with Crippen LogP contribution in [0.2, 0.25) is 15.1 Å². The van der Waals surface area contributed by atoms with Crippen LogP contribution in [0.5, 0.6) is 0 Å². The minimum absolute atomic E-state index is 0.737. The van der Waals surface area contributed by atoms with Gasteiger partial charge in [-0.25, -0.2) is 0 Å². The summed E-state index contributed by atoms with van der Waals surface area (Å²) < 4.78 is 1.16. The molecule has 0 unspecified atom stereocenters. The predicted octanol–water partition coefficient (Wildman–Crippen LogP) is 9.12. The molecular formula is C20H13Cl3S3. The lowest BCUT2D eigenvalue weighted by Gasteiger charge is -2.08. The van der Waals surface area contributed by atoms with Crippen LogP contribution in [0.4, 0.5) is 0 Å². The van der Waals surface area contributed by atoms with Crippen molar-refractivity contribution in [3.05, 3.63) is 97.5 Å². The number of thioether (sulfide) groups is 3. The number of hydrogen-bond donors (Lipinski definition) is 0. The highest BCUT2D eigenvalue weighted by Gasteiger charge is 2.06. The van der Waals surface area contributed by atoms with Crippen molar-refractivity contribution in [1.29, 1.82) is 0 Å². The van der Waals surface area contributed by atoms with E-state index in [1.54, 1.807) is 35.3 Å². The molecule has 0 saturated carbocycles. The van der Waals surface area contributed by atoms with Gasteiger partial charge in [0.1, 0.15) is 0 Å². The molecular weight excluding hydrogens is 443 g/mol.